The molecule has 0 amide bonds. The lowest BCUT2D eigenvalue weighted by Crippen LogP contribution is -1.97. The van der Waals surface area contributed by atoms with Crippen molar-refractivity contribution in [2.24, 2.45) is 0 Å². The van der Waals surface area contributed by atoms with Crippen LogP contribution in [-0.4, -0.2) is 21.5 Å². The Bertz CT molecular complexity index is 542. The molecule has 0 atom stereocenters. The van der Waals surface area contributed by atoms with E-state index in [0.29, 0.717) is 16.5 Å². The van der Waals surface area contributed by atoms with Gasteiger partial charge in [-0.1, -0.05) is 23.2 Å². The van der Waals surface area contributed by atoms with Gasteiger partial charge in [0, 0.05) is 19.2 Å². The van der Waals surface area contributed by atoms with Gasteiger partial charge in [0.2, 0.25) is 0 Å². The number of nitrogens with zero attached hydrogens (tertiary/aromatic N) is 2. The number of aromatic nitrogens is 2. The molecule has 3 nitrogen and oxygen atoms in total. The van der Waals surface area contributed by atoms with Gasteiger partial charge in [-0.15, -0.1) is 0 Å². The number of hydrogen-bond donors (Lipinski definition) is 1. The molecule has 1 aromatic carbocycles. The molecule has 1 aromatic heterocycles. The van der Waals surface area contributed by atoms with Crippen LogP contribution in [0.15, 0.2) is 28.9 Å². The summed E-state index contributed by atoms with van der Waals surface area (Å²) in [4.78, 5) is 0. The smallest absolute Gasteiger partial charge is 0.0793 e. The normalized spacial score (nSPS) is 10.8. The van der Waals surface area contributed by atoms with Gasteiger partial charge in [-0.25, -0.2) is 4.68 Å². The Balaban J connectivity index is 2.39. The summed E-state index contributed by atoms with van der Waals surface area (Å²) in [5.74, 6) is 0. The van der Waals surface area contributed by atoms with Gasteiger partial charge >= 0.3 is 0 Å². The molecule has 17 heavy (non-hydrogen) atoms. The molecule has 0 radical (unpaired) electrons. The first-order chi connectivity index (χ1) is 8.11. The average Bonchev–Trinajstić information content (AvgIpc) is 2.65. The highest BCUT2D eigenvalue weighted by Gasteiger charge is 2.08. The van der Waals surface area contributed by atoms with Crippen molar-refractivity contribution in [1.82, 2.24) is 9.78 Å². The lowest BCUT2D eigenvalue weighted by atomic mass is 10.3. The maximum absolute atomic E-state index is 8.90. The Kier molecular flexibility index (Phi) is 4.09. The molecule has 0 bridgehead atoms. The first-order valence-electron chi connectivity index (χ1n) is 4.92. The summed E-state index contributed by atoms with van der Waals surface area (Å²) in [5, 5.41) is 14.2. The van der Waals surface area contributed by atoms with Gasteiger partial charge < -0.3 is 5.11 Å². The van der Waals surface area contributed by atoms with Crippen molar-refractivity contribution < 1.29 is 5.11 Å². The number of halogens is 3. The van der Waals surface area contributed by atoms with Crippen molar-refractivity contribution in [1.29, 1.82) is 0 Å². The fourth-order valence-electron chi connectivity index (χ4n) is 1.42. The molecule has 1 N–H and O–H groups in total. The second-order valence-electron chi connectivity index (χ2n) is 3.44. The largest absolute Gasteiger partial charge is 0.396 e. The molecular formula is C11H9BrCl2N2O. The lowest BCUT2D eigenvalue weighted by molar-refractivity contribution is 0.298. The van der Waals surface area contributed by atoms with Gasteiger partial charge in [0.1, 0.15) is 0 Å². The van der Waals surface area contributed by atoms with Gasteiger partial charge in [0.05, 0.1) is 25.9 Å². The van der Waals surface area contributed by atoms with Gasteiger partial charge in [-0.05, 0) is 34.1 Å². The maximum Gasteiger partial charge on any atom is 0.0793 e. The van der Waals surface area contributed by atoms with E-state index >= 15 is 0 Å². The minimum absolute atomic E-state index is 0.0665. The van der Waals surface area contributed by atoms with Crippen LogP contribution >= 0.6 is 39.1 Å². The summed E-state index contributed by atoms with van der Waals surface area (Å²) in [5.41, 5.74) is 1.63. The van der Waals surface area contributed by atoms with E-state index < -0.39 is 0 Å². The predicted octanol–water partition coefficient (Wildman–Crippen LogP) is 3.48. The summed E-state index contributed by atoms with van der Waals surface area (Å²) in [7, 11) is 0. The zero-order chi connectivity index (χ0) is 12.4. The van der Waals surface area contributed by atoms with E-state index in [2.05, 4.69) is 21.0 Å². The van der Waals surface area contributed by atoms with E-state index in [1.54, 1.807) is 16.8 Å². The molecule has 0 saturated carbocycles. The van der Waals surface area contributed by atoms with Crippen molar-refractivity contribution in [2.75, 3.05) is 6.61 Å². The van der Waals surface area contributed by atoms with Crippen LogP contribution in [0.25, 0.3) is 5.69 Å². The van der Waals surface area contributed by atoms with E-state index in [0.717, 1.165) is 15.9 Å². The summed E-state index contributed by atoms with van der Waals surface area (Å²) in [6.45, 7) is 0.0665. The Morgan fingerprint density at radius 2 is 2.06 bits per heavy atom. The molecule has 90 valence electrons. The minimum Gasteiger partial charge on any atom is -0.396 e. The Labute approximate surface area is 117 Å². The molecule has 2 rings (SSSR count). The van der Waals surface area contributed by atoms with E-state index in [4.69, 9.17) is 28.3 Å². The fraction of sp³-hybridized carbons (Fsp3) is 0.182. The third-order valence-electron chi connectivity index (χ3n) is 2.26. The summed E-state index contributed by atoms with van der Waals surface area (Å²) < 4.78 is 2.55. The number of aliphatic hydroxyl groups excluding tert-OH is 1. The summed E-state index contributed by atoms with van der Waals surface area (Å²) in [6.07, 6.45) is 2.33. The zero-order valence-electron chi connectivity index (χ0n) is 8.70. The van der Waals surface area contributed by atoms with E-state index in [9.17, 15) is 0 Å². The third-order valence-corrected chi connectivity index (χ3v) is 3.66. The number of rotatable bonds is 3. The molecule has 2 aromatic rings. The Morgan fingerprint density at radius 1 is 1.29 bits per heavy atom. The fourth-order valence-corrected chi connectivity index (χ4v) is 2.19. The monoisotopic (exact) mass is 334 g/mol. The second-order valence-corrected chi connectivity index (χ2v) is 5.11. The minimum atomic E-state index is 0.0665. The molecule has 6 heteroatoms. The van der Waals surface area contributed by atoms with E-state index in [1.807, 2.05) is 12.3 Å². The van der Waals surface area contributed by atoms with Crippen LogP contribution in [0.2, 0.25) is 10.0 Å². The van der Waals surface area contributed by atoms with Crippen LogP contribution in [-0.2, 0) is 6.42 Å². The second kappa shape index (κ2) is 5.40. The van der Waals surface area contributed by atoms with Crippen molar-refractivity contribution in [3.8, 4) is 5.69 Å². The molecule has 1 heterocycles. The zero-order valence-corrected chi connectivity index (χ0v) is 11.8. The van der Waals surface area contributed by atoms with Crippen LogP contribution in [0.5, 0.6) is 0 Å². The summed E-state index contributed by atoms with van der Waals surface area (Å²) >= 11 is 15.2. The first kappa shape index (κ1) is 12.9. The molecular weight excluding hydrogens is 327 g/mol. The van der Waals surface area contributed by atoms with Crippen molar-refractivity contribution >= 4 is 39.1 Å². The predicted molar refractivity (Wildman–Crippen MR) is 72.1 cm³/mol. The SMILES string of the molecule is OCCc1nn(-c2ccc(Cl)c(Cl)c2)cc1Br. The van der Waals surface area contributed by atoms with Gasteiger partial charge in [0.25, 0.3) is 0 Å². The molecule has 0 saturated heterocycles. The highest BCUT2D eigenvalue weighted by atomic mass is 79.9. The molecule has 0 aliphatic heterocycles. The van der Waals surface area contributed by atoms with Crippen LogP contribution in [0, 0.1) is 0 Å². The van der Waals surface area contributed by atoms with Gasteiger partial charge in [-0.3, -0.25) is 0 Å². The number of hydrogen-bond acceptors (Lipinski definition) is 2. The van der Waals surface area contributed by atoms with Crippen LogP contribution in [0.1, 0.15) is 5.69 Å². The molecule has 0 aliphatic rings. The third kappa shape index (κ3) is 2.83. The summed E-state index contributed by atoms with van der Waals surface area (Å²) in [6, 6.07) is 5.29. The van der Waals surface area contributed by atoms with Crippen molar-refractivity contribution in [3.05, 3.63) is 44.6 Å². The van der Waals surface area contributed by atoms with Crippen LogP contribution < -0.4 is 0 Å². The Hall–Kier alpha value is -0.550. The molecule has 0 unspecified atom stereocenters. The van der Waals surface area contributed by atoms with Crippen LogP contribution in [0.4, 0.5) is 0 Å². The van der Waals surface area contributed by atoms with Gasteiger partial charge in [0.15, 0.2) is 0 Å². The van der Waals surface area contributed by atoms with Crippen molar-refractivity contribution in [3.63, 3.8) is 0 Å². The number of aliphatic hydroxyl groups is 1. The number of benzene rings is 1. The molecule has 0 fully saturated rings. The van der Waals surface area contributed by atoms with E-state index in [-0.39, 0.29) is 6.61 Å². The maximum atomic E-state index is 8.90. The first-order valence-corrected chi connectivity index (χ1v) is 6.47. The van der Waals surface area contributed by atoms with E-state index in [1.165, 1.54) is 0 Å². The van der Waals surface area contributed by atoms with Crippen LogP contribution in [0.3, 0.4) is 0 Å². The average molecular weight is 336 g/mol. The van der Waals surface area contributed by atoms with Crippen molar-refractivity contribution in [2.45, 2.75) is 6.42 Å². The topological polar surface area (TPSA) is 38.1 Å². The molecule has 0 spiro atoms. The quantitative estimate of drug-likeness (QED) is 0.932. The van der Waals surface area contributed by atoms with Gasteiger partial charge in [-0.2, -0.15) is 5.10 Å². The molecule has 0 aliphatic carbocycles. The highest BCUT2D eigenvalue weighted by molar-refractivity contribution is 9.10. The Morgan fingerprint density at radius 3 is 2.71 bits per heavy atom. The highest BCUT2D eigenvalue weighted by Crippen LogP contribution is 2.25. The lowest BCUT2D eigenvalue weighted by Gasteiger charge is -2.02. The standard InChI is InChI=1S/C11H9BrCl2N2O/c12-8-6-16(15-11(8)3-4-17)7-1-2-9(13)10(14)5-7/h1-2,5-6,17H,3-4H2.